The van der Waals surface area contributed by atoms with Crippen LogP contribution in [0, 0.1) is 10.1 Å². The molecule has 2 N–H and O–H groups in total. The van der Waals surface area contributed by atoms with Crippen LogP contribution in [-0.2, 0) is 6.54 Å². The third kappa shape index (κ3) is 3.31. The predicted octanol–water partition coefficient (Wildman–Crippen LogP) is 4.22. The number of hydrogen-bond acceptors (Lipinski definition) is 4. The predicted molar refractivity (Wildman–Crippen MR) is 78.5 cm³/mol. The lowest BCUT2D eigenvalue weighted by molar-refractivity contribution is -0.384. The number of halogens is 2. The number of phenols is 1. The molecule has 0 saturated heterocycles. The van der Waals surface area contributed by atoms with Crippen LogP contribution in [0.1, 0.15) is 5.56 Å². The number of rotatable bonds is 4. The van der Waals surface area contributed by atoms with Gasteiger partial charge in [-0.2, -0.15) is 0 Å². The summed E-state index contributed by atoms with van der Waals surface area (Å²) in [5, 5.41) is 24.0. The minimum Gasteiger partial charge on any atom is -0.506 e. The van der Waals surface area contributed by atoms with Crippen molar-refractivity contribution >= 4 is 34.6 Å². The van der Waals surface area contributed by atoms with Crippen LogP contribution < -0.4 is 5.32 Å². The number of benzene rings is 2. The molecular formula is C13H10Cl2N2O3. The second kappa shape index (κ2) is 5.98. The molecule has 2 rings (SSSR count). The highest BCUT2D eigenvalue weighted by atomic mass is 35.5. The van der Waals surface area contributed by atoms with Crippen molar-refractivity contribution in [2.75, 3.05) is 5.32 Å². The summed E-state index contributed by atoms with van der Waals surface area (Å²) < 4.78 is 0. The van der Waals surface area contributed by atoms with E-state index in [2.05, 4.69) is 5.32 Å². The average molecular weight is 313 g/mol. The Morgan fingerprint density at radius 2 is 2.00 bits per heavy atom. The van der Waals surface area contributed by atoms with Gasteiger partial charge in [-0.15, -0.1) is 0 Å². The number of nitro groups is 1. The Labute approximate surface area is 124 Å². The van der Waals surface area contributed by atoms with Gasteiger partial charge in [0.15, 0.2) is 0 Å². The zero-order valence-electron chi connectivity index (χ0n) is 10.1. The Morgan fingerprint density at radius 3 is 2.70 bits per heavy atom. The van der Waals surface area contributed by atoms with Crippen LogP contribution in [0.15, 0.2) is 36.4 Å². The molecule has 0 saturated carbocycles. The van der Waals surface area contributed by atoms with Gasteiger partial charge in [0.1, 0.15) is 5.75 Å². The summed E-state index contributed by atoms with van der Waals surface area (Å²) in [4.78, 5) is 10.2. The monoisotopic (exact) mass is 312 g/mol. The zero-order chi connectivity index (χ0) is 14.7. The minimum absolute atomic E-state index is 0.0108. The van der Waals surface area contributed by atoms with E-state index in [1.165, 1.54) is 18.2 Å². The lowest BCUT2D eigenvalue weighted by Crippen LogP contribution is -2.00. The Morgan fingerprint density at radius 1 is 1.25 bits per heavy atom. The molecule has 0 spiro atoms. The number of nitrogens with one attached hydrogen (secondary N) is 1. The second-order valence-corrected chi connectivity index (χ2v) is 4.90. The number of anilines is 1. The fourth-order valence-corrected chi connectivity index (χ4v) is 2.22. The highest BCUT2D eigenvalue weighted by molar-refractivity contribution is 6.35. The number of nitrogens with zero attached hydrogens (tertiary/aromatic N) is 1. The van der Waals surface area contributed by atoms with Crippen LogP contribution in [0.25, 0.3) is 0 Å². The Balaban J connectivity index is 2.17. The highest BCUT2D eigenvalue weighted by Gasteiger charge is 2.09. The molecule has 0 heterocycles. The summed E-state index contributed by atoms with van der Waals surface area (Å²) in [6.07, 6.45) is 0. The fraction of sp³-hybridized carbons (Fsp3) is 0.0769. The summed E-state index contributed by atoms with van der Waals surface area (Å²) in [6, 6.07) is 9.09. The molecule has 7 heteroatoms. The fourth-order valence-electron chi connectivity index (χ4n) is 1.68. The van der Waals surface area contributed by atoms with Crippen molar-refractivity contribution in [1.29, 1.82) is 0 Å². The van der Waals surface area contributed by atoms with Gasteiger partial charge in [0, 0.05) is 35.0 Å². The van der Waals surface area contributed by atoms with E-state index in [0.29, 0.717) is 16.3 Å². The Kier molecular flexibility index (Phi) is 4.32. The van der Waals surface area contributed by atoms with Gasteiger partial charge in [-0.3, -0.25) is 10.1 Å². The topological polar surface area (TPSA) is 75.4 Å². The molecule has 2 aromatic carbocycles. The first-order valence-corrected chi connectivity index (χ1v) is 6.38. The smallest absolute Gasteiger partial charge is 0.271 e. The molecule has 5 nitrogen and oxygen atoms in total. The van der Waals surface area contributed by atoms with Crippen LogP contribution in [0.2, 0.25) is 10.0 Å². The van der Waals surface area contributed by atoms with E-state index in [0.717, 1.165) is 0 Å². The molecular weight excluding hydrogens is 303 g/mol. The maximum Gasteiger partial charge on any atom is 0.271 e. The second-order valence-electron chi connectivity index (χ2n) is 4.06. The van der Waals surface area contributed by atoms with Gasteiger partial charge in [-0.1, -0.05) is 29.3 Å². The van der Waals surface area contributed by atoms with Crippen LogP contribution in [0.5, 0.6) is 5.75 Å². The van der Waals surface area contributed by atoms with Crippen molar-refractivity contribution in [1.82, 2.24) is 0 Å². The van der Waals surface area contributed by atoms with Gasteiger partial charge in [0.25, 0.3) is 5.69 Å². The molecule has 0 radical (unpaired) electrons. The Bertz CT molecular complexity index is 662. The number of non-ortho nitro benzene ring substituents is 1. The zero-order valence-corrected chi connectivity index (χ0v) is 11.6. The van der Waals surface area contributed by atoms with E-state index in [1.807, 2.05) is 0 Å². The van der Waals surface area contributed by atoms with Crippen LogP contribution in [0.4, 0.5) is 11.4 Å². The third-order valence-electron chi connectivity index (χ3n) is 2.65. The molecule has 0 aliphatic heterocycles. The van der Waals surface area contributed by atoms with E-state index in [4.69, 9.17) is 23.2 Å². The largest absolute Gasteiger partial charge is 0.506 e. The van der Waals surface area contributed by atoms with Gasteiger partial charge in [0.05, 0.1) is 9.95 Å². The minimum atomic E-state index is -0.473. The van der Waals surface area contributed by atoms with E-state index in [9.17, 15) is 15.2 Å². The molecule has 0 bridgehead atoms. The standard InChI is InChI=1S/C13H10Cl2N2O3/c14-9-4-8(13(18)12(15)5-9)7-16-10-2-1-3-11(6-10)17(19)20/h1-6,16,18H,7H2. The number of aromatic hydroxyl groups is 1. The van der Waals surface area contributed by atoms with Crippen molar-refractivity contribution in [3.05, 3.63) is 62.1 Å². The van der Waals surface area contributed by atoms with Crippen LogP contribution >= 0.6 is 23.2 Å². The summed E-state index contributed by atoms with van der Waals surface area (Å²) in [5.74, 6) is -0.0611. The molecule has 0 aromatic heterocycles. The van der Waals surface area contributed by atoms with E-state index >= 15 is 0 Å². The molecule has 20 heavy (non-hydrogen) atoms. The average Bonchev–Trinajstić information content (AvgIpc) is 2.41. The van der Waals surface area contributed by atoms with E-state index in [1.54, 1.807) is 18.2 Å². The molecule has 0 atom stereocenters. The maximum absolute atomic E-state index is 10.7. The maximum atomic E-state index is 10.7. The van der Waals surface area contributed by atoms with Crippen molar-refractivity contribution < 1.29 is 10.0 Å². The SMILES string of the molecule is O=[N+]([O-])c1cccc(NCc2cc(Cl)cc(Cl)c2O)c1. The van der Waals surface area contributed by atoms with Gasteiger partial charge >= 0.3 is 0 Å². The molecule has 104 valence electrons. The summed E-state index contributed by atoms with van der Waals surface area (Å²) in [6.45, 7) is 0.243. The van der Waals surface area contributed by atoms with Gasteiger partial charge in [-0.05, 0) is 18.2 Å². The lowest BCUT2D eigenvalue weighted by atomic mass is 10.2. The number of nitro benzene ring substituents is 1. The molecule has 0 fully saturated rings. The summed E-state index contributed by atoms with van der Waals surface area (Å²) >= 11 is 11.7. The third-order valence-corrected chi connectivity index (χ3v) is 3.15. The van der Waals surface area contributed by atoms with Crippen molar-refractivity contribution in [2.45, 2.75) is 6.54 Å². The first-order chi connectivity index (χ1) is 9.47. The van der Waals surface area contributed by atoms with Crippen LogP contribution in [0.3, 0.4) is 0 Å². The normalized spacial score (nSPS) is 10.3. The van der Waals surface area contributed by atoms with E-state index in [-0.39, 0.29) is 23.0 Å². The van der Waals surface area contributed by atoms with Crippen molar-refractivity contribution in [3.63, 3.8) is 0 Å². The van der Waals surface area contributed by atoms with Gasteiger partial charge in [0.2, 0.25) is 0 Å². The van der Waals surface area contributed by atoms with Crippen molar-refractivity contribution in [2.24, 2.45) is 0 Å². The molecule has 0 aliphatic rings. The first-order valence-electron chi connectivity index (χ1n) is 5.62. The number of hydrogen-bond donors (Lipinski definition) is 2. The summed E-state index contributed by atoms with van der Waals surface area (Å²) in [5.41, 5.74) is 1.06. The van der Waals surface area contributed by atoms with Gasteiger partial charge in [-0.25, -0.2) is 0 Å². The van der Waals surface area contributed by atoms with E-state index < -0.39 is 4.92 Å². The summed E-state index contributed by atoms with van der Waals surface area (Å²) in [7, 11) is 0. The Hall–Kier alpha value is -1.98. The lowest BCUT2D eigenvalue weighted by Gasteiger charge is -2.09. The van der Waals surface area contributed by atoms with Crippen LogP contribution in [-0.4, -0.2) is 10.0 Å². The molecule has 2 aromatic rings. The first kappa shape index (κ1) is 14.4. The number of phenolic OH excluding ortho intramolecular Hbond substituents is 1. The molecule has 0 amide bonds. The highest BCUT2D eigenvalue weighted by Crippen LogP contribution is 2.31. The quantitative estimate of drug-likeness (QED) is 0.654. The molecule has 0 unspecified atom stereocenters. The molecule has 0 aliphatic carbocycles. The van der Waals surface area contributed by atoms with Crippen molar-refractivity contribution in [3.8, 4) is 5.75 Å². The van der Waals surface area contributed by atoms with Gasteiger partial charge < -0.3 is 10.4 Å².